The molecule has 0 spiro atoms. The molecule has 0 radical (unpaired) electrons. The zero-order valence-electron chi connectivity index (χ0n) is 21.0. The van der Waals surface area contributed by atoms with Gasteiger partial charge in [-0.3, -0.25) is 0 Å². The van der Waals surface area contributed by atoms with Gasteiger partial charge in [0.05, 0.1) is 9.79 Å². The molecule has 2 aromatic carbocycles. The van der Waals surface area contributed by atoms with Crippen LogP contribution in [0.3, 0.4) is 0 Å². The monoisotopic (exact) mass is 542 g/mol. The van der Waals surface area contributed by atoms with Gasteiger partial charge >= 0.3 is 59.1 Å². The number of unbranched alkanes of at least 4 members (excludes halogenated alkanes) is 9. The Kier molecular flexibility index (Phi) is 17.6. The second-order valence-electron chi connectivity index (χ2n) is 8.19. The average molecular weight is 543 g/mol. The molecule has 2 aromatic rings. The van der Waals surface area contributed by atoms with E-state index < -0.39 is 30.0 Å². The van der Waals surface area contributed by atoms with Crippen molar-refractivity contribution in [1.29, 1.82) is 0 Å². The Morgan fingerprint density at radius 3 is 1.69 bits per heavy atom. The summed E-state index contributed by atoms with van der Waals surface area (Å²) in [6.45, 7) is 2.21. The molecule has 0 unspecified atom stereocenters. The molecule has 0 aliphatic rings. The first-order valence-corrected chi connectivity index (χ1v) is 14.3. The SMILES string of the molecule is CCCCCCCCCCCCc1ccc(S(=O)(=O)[O-])c(Oc2ccc(S(=O)(=O)[O-])cc2)c1.[Na+].[Na+]. The van der Waals surface area contributed by atoms with E-state index in [-0.39, 0.29) is 70.6 Å². The molecule has 0 bridgehead atoms. The fourth-order valence-corrected chi connectivity index (χ4v) is 4.66. The van der Waals surface area contributed by atoms with Crippen LogP contribution >= 0.6 is 0 Å². The minimum Gasteiger partial charge on any atom is -0.744 e. The summed E-state index contributed by atoms with van der Waals surface area (Å²) in [5, 5.41) is 0. The molecule has 0 saturated heterocycles. The van der Waals surface area contributed by atoms with E-state index in [2.05, 4.69) is 6.92 Å². The van der Waals surface area contributed by atoms with Crippen LogP contribution in [0.15, 0.2) is 52.3 Å². The molecule has 0 aliphatic carbocycles. The van der Waals surface area contributed by atoms with Crippen LogP contribution in [0.4, 0.5) is 0 Å². The van der Waals surface area contributed by atoms with Crippen molar-refractivity contribution in [2.75, 3.05) is 0 Å². The van der Waals surface area contributed by atoms with Crippen molar-refractivity contribution >= 4 is 20.2 Å². The zero-order valence-corrected chi connectivity index (χ0v) is 26.6. The van der Waals surface area contributed by atoms with Crippen LogP contribution in [0, 0.1) is 0 Å². The van der Waals surface area contributed by atoms with Crippen LogP contribution in [0.1, 0.15) is 76.7 Å². The van der Waals surface area contributed by atoms with Gasteiger partial charge in [-0.1, -0.05) is 70.8 Å². The number of rotatable bonds is 15. The summed E-state index contributed by atoms with van der Waals surface area (Å²) in [4.78, 5) is -0.920. The van der Waals surface area contributed by atoms with Gasteiger partial charge < -0.3 is 13.8 Å². The molecule has 11 heteroatoms. The third kappa shape index (κ3) is 13.4. The van der Waals surface area contributed by atoms with Gasteiger partial charge in [0, 0.05) is 0 Å². The molecule has 2 rings (SSSR count). The van der Waals surface area contributed by atoms with Crippen molar-refractivity contribution < 1.29 is 89.8 Å². The van der Waals surface area contributed by atoms with E-state index in [0.29, 0.717) is 0 Å². The van der Waals surface area contributed by atoms with Gasteiger partial charge in [-0.05, 0) is 54.8 Å². The Balaban J connectivity index is 0.00000578. The van der Waals surface area contributed by atoms with Crippen LogP contribution in [0.2, 0.25) is 0 Å². The molecule has 184 valence electrons. The predicted octanol–water partition coefficient (Wildman–Crippen LogP) is -0.241. The van der Waals surface area contributed by atoms with Gasteiger partial charge in [-0.15, -0.1) is 0 Å². The van der Waals surface area contributed by atoms with E-state index in [4.69, 9.17) is 4.74 Å². The molecule has 0 atom stereocenters. The van der Waals surface area contributed by atoms with E-state index in [0.717, 1.165) is 43.4 Å². The van der Waals surface area contributed by atoms with Gasteiger partial charge in [0.1, 0.15) is 31.7 Å². The second kappa shape index (κ2) is 17.5. The van der Waals surface area contributed by atoms with Gasteiger partial charge in [-0.25, -0.2) is 16.8 Å². The Bertz CT molecular complexity index is 1090. The fourth-order valence-electron chi connectivity index (χ4n) is 3.61. The number of hydrogen-bond acceptors (Lipinski definition) is 7. The Morgan fingerprint density at radius 1 is 0.686 bits per heavy atom. The first-order chi connectivity index (χ1) is 15.6. The first kappa shape index (κ1) is 35.1. The molecular weight excluding hydrogens is 510 g/mol. The minimum absolute atomic E-state index is 0. The summed E-state index contributed by atoms with van der Waals surface area (Å²) in [7, 11) is -9.37. The molecule has 0 amide bonds. The summed E-state index contributed by atoms with van der Waals surface area (Å²) >= 11 is 0. The molecule has 0 aromatic heterocycles. The van der Waals surface area contributed by atoms with Gasteiger partial charge in [0.2, 0.25) is 0 Å². The minimum atomic E-state index is -4.77. The van der Waals surface area contributed by atoms with Crippen molar-refractivity contribution in [2.24, 2.45) is 0 Å². The summed E-state index contributed by atoms with van der Waals surface area (Å²) < 4.78 is 73.6. The van der Waals surface area contributed by atoms with Crippen molar-refractivity contribution in [3.05, 3.63) is 48.0 Å². The van der Waals surface area contributed by atoms with E-state index in [1.165, 1.54) is 69.2 Å². The van der Waals surface area contributed by atoms with Gasteiger partial charge in [0.15, 0.2) is 0 Å². The predicted molar refractivity (Wildman–Crippen MR) is 124 cm³/mol. The van der Waals surface area contributed by atoms with Crippen molar-refractivity contribution in [1.82, 2.24) is 0 Å². The molecule has 0 saturated carbocycles. The van der Waals surface area contributed by atoms with E-state index in [1.54, 1.807) is 6.07 Å². The van der Waals surface area contributed by atoms with Crippen molar-refractivity contribution in [3.63, 3.8) is 0 Å². The number of ether oxygens (including phenoxy) is 1. The van der Waals surface area contributed by atoms with Crippen molar-refractivity contribution in [2.45, 2.75) is 87.3 Å². The first-order valence-electron chi connectivity index (χ1n) is 11.4. The third-order valence-electron chi connectivity index (χ3n) is 5.44. The van der Waals surface area contributed by atoms with Crippen LogP contribution in [0.5, 0.6) is 11.5 Å². The van der Waals surface area contributed by atoms with Crippen molar-refractivity contribution in [3.8, 4) is 11.5 Å². The molecular formula is C24H32Na2O7S2. The average Bonchev–Trinajstić information content (AvgIpc) is 2.74. The maximum Gasteiger partial charge on any atom is 1.00 e. The van der Waals surface area contributed by atoms with Crippen LogP contribution in [-0.2, 0) is 26.7 Å². The van der Waals surface area contributed by atoms with Gasteiger partial charge in [-0.2, -0.15) is 0 Å². The molecule has 7 nitrogen and oxygen atoms in total. The summed E-state index contributed by atoms with van der Waals surface area (Å²) in [5.41, 5.74) is 0.843. The summed E-state index contributed by atoms with van der Waals surface area (Å²) in [5.74, 6) is -0.00398. The molecule has 0 heterocycles. The Hall–Kier alpha value is 0.0600. The van der Waals surface area contributed by atoms with Crippen LogP contribution in [0.25, 0.3) is 0 Å². The van der Waals surface area contributed by atoms with Gasteiger partial charge in [0.25, 0.3) is 0 Å². The Labute approximate surface area is 254 Å². The fraction of sp³-hybridized carbons (Fsp3) is 0.500. The quantitative estimate of drug-likeness (QED) is 0.173. The van der Waals surface area contributed by atoms with Crippen LogP contribution < -0.4 is 63.9 Å². The molecule has 0 fully saturated rings. The molecule has 0 aliphatic heterocycles. The summed E-state index contributed by atoms with van der Waals surface area (Å²) in [6, 6.07) is 8.98. The van der Waals surface area contributed by atoms with Crippen LogP contribution in [-0.4, -0.2) is 25.9 Å². The van der Waals surface area contributed by atoms with E-state index in [1.807, 2.05) is 0 Å². The largest absolute Gasteiger partial charge is 1.00 e. The number of benzene rings is 2. The smallest absolute Gasteiger partial charge is 0.744 e. The third-order valence-corrected chi connectivity index (χ3v) is 7.16. The standard InChI is InChI=1S/C24H34O7S2.2Na/c1-2-3-4-5-6-7-8-9-10-11-12-20-13-18-24(33(28,29)30)23(19-20)31-21-14-16-22(17-15-21)32(25,26)27;;/h13-19H,2-12H2,1H3,(H,25,26,27)(H,28,29,30);;/q;2*+1/p-2. The maximum atomic E-state index is 11.6. The topological polar surface area (TPSA) is 124 Å². The van der Waals surface area contributed by atoms with E-state index >= 15 is 0 Å². The molecule has 35 heavy (non-hydrogen) atoms. The number of hydrogen-bond donors (Lipinski definition) is 0. The molecule has 0 N–H and O–H groups in total. The normalized spacial score (nSPS) is 11.4. The van der Waals surface area contributed by atoms with E-state index in [9.17, 15) is 25.9 Å². The Morgan fingerprint density at radius 2 is 1.20 bits per heavy atom. The maximum absolute atomic E-state index is 11.6. The zero-order chi connectivity index (χ0) is 24.3. The number of aryl methyl sites for hydroxylation is 1. The second-order valence-corrected chi connectivity index (χ2v) is 10.9. The summed E-state index contributed by atoms with van der Waals surface area (Å²) in [6.07, 6.45) is 12.8.